The molecule has 1 aromatic heterocycles. The van der Waals surface area contributed by atoms with Gasteiger partial charge in [0.05, 0.1) is 5.56 Å². The highest BCUT2D eigenvalue weighted by Gasteiger charge is 2.41. The van der Waals surface area contributed by atoms with Gasteiger partial charge in [-0.05, 0) is 49.3 Å². The van der Waals surface area contributed by atoms with Crippen molar-refractivity contribution in [2.24, 2.45) is 5.92 Å². The molecule has 1 unspecified atom stereocenters. The zero-order valence-electron chi connectivity index (χ0n) is 18.4. The maximum Gasteiger partial charge on any atom is 0.288 e. The lowest BCUT2D eigenvalue weighted by atomic mass is 10.0. The lowest BCUT2D eigenvalue weighted by Crippen LogP contribution is -2.58. The van der Waals surface area contributed by atoms with Gasteiger partial charge >= 0.3 is 0 Å². The van der Waals surface area contributed by atoms with E-state index in [0.29, 0.717) is 31.8 Å². The summed E-state index contributed by atoms with van der Waals surface area (Å²) in [6, 6.07) is 5.85. The zero-order chi connectivity index (χ0) is 23.0. The number of hydrogen-bond donors (Lipinski definition) is 1. The molecule has 1 atom stereocenters. The van der Waals surface area contributed by atoms with E-state index in [1.54, 1.807) is 21.7 Å². The van der Waals surface area contributed by atoms with Crippen LogP contribution >= 0.6 is 0 Å². The van der Waals surface area contributed by atoms with Crippen LogP contribution in [0.3, 0.4) is 0 Å². The maximum atomic E-state index is 13.1. The molecule has 7 nitrogen and oxygen atoms in total. The number of aryl methyl sites for hydroxylation is 1. The van der Waals surface area contributed by atoms with Crippen LogP contribution in [-0.4, -0.2) is 44.5 Å². The van der Waals surface area contributed by atoms with Gasteiger partial charge in [0.25, 0.3) is 5.91 Å². The van der Waals surface area contributed by atoms with E-state index in [2.05, 4.69) is 13.8 Å². The van der Waals surface area contributed by atoms with Gasteiger partial charge in [-0.3, -0.25) is 19.4 Å². The third kappa shape index (κ3) is 4.07. The van der Waals surface area contributed by atoms with Gasteiger partial charge in [-0.2, -0.15) is 5.01 Å². The standard InChI is InChI=1S/C24H28FN3O4/c1-15(2)13-20-26-14-18(19(29)10-7-16-5-8-17(25)9-6-16)22(30)23(31)21(26)24(32)28-12-4-3-11-27(20)28/h5-6,8-9,14-15,20,31H,3-4,7,10-13H2,1-2H3. The number of amides is 1. The van der Waals surface area contributed by atoms with Gasteiger partial charge in [-0.25, -0.2) is 4.39 Å². The van der Waals surface area contributed by atoms with Gasteiger partial charge in [0, 0.05) is 25.7 Å². The molecule has 1 saturated heterocycles. The average molecular weight is 442 g/mol. The SMILES string of the molecule is CC(C)CC1N2CCCCN2C(=O)c2c(O)c(=O)c(C(=O)CCc3ccc(F)cc3)cn21. The van der Waals surface area contributed by atoms with Crippen LogP contribution in [-0.2, 0) is 6.42 Å². The van der Waals surface area contributed by atoms with Gasteiger partial charge in [0.15, 0.2) is 17.2 Å². The summed E-state index contributed by atoms with van der Waals surface area (Å²) in [5, 5.41) is 14.3. The van der Waals surface area contributed by atoms with Crippen molar-refractivity contribution in [1.82, 2.24) is 14.6 Å². The fourth-order valence-electron chi connectivity index (χ4n) is 4.54. The average Bonchev–Trinajstić information content (AvgIpc) is 2.77. The van der Waals surface area contributed by atoms with Crippen LogP contribution < -0.4 is 5.43 Å². The van der Waals surface area contributed by atoms with Gasteiger partial charge in [0.1, 0.15) is 12.0 Å². The molecule has 1 amide bonds. The van der Waals surface area contributed by atoms with Crippen LogP contribution in [0.25, 0.3) is 0 Å². The molecule has 1 fully saturated rings. The van der Waals surface area contributed by atoms with E-state index in [4.69, 9.17) is 0 Å². The molecule has 0 radical (unpaired) electrons. The molecule has 2 aliphatic rings. The number of nitrogens with zero attached hydrogens (tertiary/aromatic N) is 3. The molecule has 170 valence electrons. The van der Waals surface area contributed by atoms with Crippen molar-refractivity contribution in [1.29, 1.82) is 0 Å². The second kappa shape index (κ2) is 8.86. The first-order valence-electron chi connectivity index (χ1n) is 11.1. The lowest BCUT2D eigenvalue weighted by Gasteiger charge is -2.48. The van der Waals surface area contributed by atoms with E-state index >= 15 is 0 Å². The maximum absolute atomic E-state index is 13.1. The number of fused-ring (bicyclic) bond motifs is 2. The first kappa shape index (κ1) is 22.2. The summed E-state index contributed by atoms with van der Waals surface area (Å²) in [7, 11) is 0. The topological polar surface area (TPSA) is 82.8 Å². The summed E-state index contributed by atoms with van der Waals surface area (Å²) in [6.45, 7) is 5.38. The smallest absolute Gasteiger partial charge is 0.288 e. The van der Waals surface area contributed by atoms with Crippen LogP contribution in [0.5, 0.6) is 5.75 Å². The molecule has 2 aliphatic heterocycles. The number of aromatic hydroxyl groups is 1. The molecule has 0 bridgehead atoms. The van der Waals surface area contributed by atoms with Gasteiger partial charge < -0.3 is 9.67 Å². The molecule has 0 saturated carbocycles. The number of rotatable bonds is 6. The van der Waals surface area contributed by atoms with Crippen molar-refractivity contribution >= 4 is 11.7 Å². The van der Waals surface area contributed by atoms with Crippen LogP contribution in [0.4, 0.5) is 4.39 Å². The molecule has 3 heterocycles. The summed E-state index contributed by atoms with van der Waals surface area (Å²) in [4.78, 5) is 38.9. The number of hydrazine groups is 1. The highest BCUT2D eigenvalue weighted by atomic mass is 19.1. The molecular formula is C24H28FN3O4. The Hall–Kier alpha value is -3.00. The quantitative estimate of drug-likeness (QED) is 0.694. The second-order valence-electron chi connectivity index (χ2n) is 8.93. The lowest BCUT2D eigenvalue weighted by molar-refractivity contribution is -0.0993. The predicted octanol–water partition coefficient (Wildman–Crippen LogP) is 3.52. The summed E-state index contributed by atoms with van der Waals surface area (Å²) in [6.07, 6.45) is 4.07. The van der Waals surface area contributed by atoms with Crippen molar-refractivity contribution < 1.29 is 19.1 Å². The summed E-state index contributed by atoms with van der Waals surface area (Å²) in [5.74, 6) is -1.55. The van der Waals surface area contributed by atoms with Crippen molar-refractivity contribution in [3.05, 3.63) is 63.3 Å². The Morgan fingerprint density at radius 1 is 1.16 bits per heavy atom. The predicted molar refractivity (Wildman–Crippen MR) is 117 cm³/mol. The number of carbonyl (C=O) groups excluding carboxylic acids is 2. The minimum Gasteiger partial charge on any atom is -0.503 e. The van der Waals surface area contributed by atoms with Crippen LogP contribution in [0.1, 0.15) is 72.1 Å². The summed E-state index contributed by atoms with van der Waals surface area (Å²) < 4.78 is 14.7. The Bertz CT molecular complexity index is 1090. The number of halogens is 1. The van der Waals surface area contributed by atoms with E-state index in [1.165, 1.54) is 18.3 Å². The second-order valence-corrected chi connectivity index (χ2v) is 8.93. The van der Waals surface area contributed by atoms with Crippen molar-refractivity contribution in [3.63, 3.8) is 0 Å². The zero-order valence-corrected chi connectivity index (χ0v) is 18.4. The van der Waals surface area contributed by atoms with Crippen LogP contribution in [0.15, 0.2) is 35.3 Å². The number of aromatic nitrogens is 1. The Balaban J connectivity index is 1.71. The largest absolute Gasteiger partial charge is 0.503 e. The molecule has 4 rings (SSSR count). The summed E-state index contributed by atoms with van der Waals surface area (Å²) >= 11 is 0. The van der Waals surface area contributed by atoms with Crippen LogP contribution in [0.2, 0.25) is 0 Å². The molecule has 1 aromatic carbocycles. The Morgan fingerprint density at radius 2 is 1.84 bits per heavy atom. The molecular weight excluding hydrogens is 413 g/mol. The number of benzene rings is 1. The fraction of sp³-hybridized carbons (Fsp3) is 0.458. The van der Waals surface area contributed by atoms with Crippen molar-refractivity contribution in [3.8, 4) is 5.75 Å². The normalized spacial score (nSPS) is 18.6. The van der Waals surface area contributed by atoms with E-state index in [-0.39, 0.29) is 29.7 Å². The van der Waals surface area contributed by atoms with Gasteiger partial charge in [-0.15, -0.1) is 0 Å². The Kier molecular flexibility index (Phi) is 6.15. The van der Waals surface area contributed by atoms with E-state index < -0.39 is 22.9 Å². The highest BCUT2D eigenvalue weighted by molar-refractivity contribution is 5.99. The first-order chi connectivity index (χ1) is 15.3. The molecule has 32 heavy (non-hydrogen) atoms. The number of pyridine rings is 1. The Labute approximate surface area is 186 Å². The van der Waals surface area contributed by atoms with Crippen molar-refractivity contribution in [2.75, 3.05) is 13.1 Å². The highest BCUT2D eigenvalue weighted by Crippen LogP contribution is 2.35. The monoisotopic (exact) mass is 441 g/mol. The number of ketones is 1. The number of hydrogen-bond acceptors (Lipinski definition) is 5. The molecule has 2 aromatic rings. The van der Waals surface area contributed by atoms with Crippen molar-refractivity contribution in [2.45, 2.75) is 52.1 Å². The first-order valence-corrected chi connectivity index (χ1v) is 11.1. The molecule has 8 heteroatoms. The molecule has 1 N–H and O–H groups in total. The van der Waals surface area contributed by atoms with Gasteiger partial charge in [0.2, 0.25) is 5.43 Å². The minimum absolute atomic E-state index is 0.0400. The third-order valence-corrected chi connectivity index (χ3v) is 6.17. The summed E-state index contributed by atoms with van der Waals surface area (Å²) in [5.41, 5.74) is -0.212. The minimum atomic E-state index is -0.817. The van der Waals surface area contributed by atoms with E-state index in [1.807, 2.05) is 5.01 Å². The number of carbonyl (C=O) groups is 2. The molecule has 0 spiro atoms. The Morgan fingerprint density at radius 3 is 2.53 bits per heavy atom. The van der Waals surface area contributed by atoms with Crippen LogP contribution in [0, 0.1) is 11.7 Å². The molecule has 0 aliphatic carbocycles. The van der Waals surface area contributed by atoms with Gasteiger partial charge in [-0.1, -0.05) is 26.0 Å². The third-order valence-electron chi connectivity index (χ3n) is 6.17. The number of Topliss-reactive ketones (excluding diaryl/α,β-unsaturated/α-hetero) is 1. The van der Waals surface area contributed by atoms with E-state index in [0.717, 1.165) is 18.4 Å². The fourth-order valence-corrected chi connectivity index (χ4v) is 4.54. The van der Waals surface area contributed by atoms with E-state index in [9.17, 15) is 23.9 Å².